The number of aryl methyl sites for hydroxylation is 1. The molecule has 0 heterocycles. The minimum Gasteiger partial charge on any atom is -0.490 e. The summed E-state index contributed by atoms with van der Waals surface area (Å²) < 4.78 is 13.1. The predicted molar refractivity (Wildman–Crippen MR) is 138 cm³/mol. The lowest BCUT2D eigenvalue weighted by atomic mass is 9.48. The molecular formula is C29H38BrNO2. The monoisotopic (exact) mass is 511 g/mol. The number of rotatable bonds is 9. The average molecular weight is 513 g/mol. The van der Waals surface area contributed by atoms with Crippen LogP contribution in [0.1, 0.15) is 69.1 Å². The van der Waals surface area contributed by atoms with Crippen molar-refractivity contribution in [3.8, 4) is 11.5 Å². The first-order chi connectivity index (χ1) is 15.9. The van der Waals surface area contributed by atoms with Crippen LogP contribution in [0.15, 0.2) is 40.9 Å². The van der Waals surface area contributed by atoms with E-state index >= 15 is 0 Å². The molecule has 4 saturated carbocycles. The Kier molecular flexibility index (Phi) is 6.77. The summed E-state index contributed by atoms with van der Waals surface area (Å²) in [5, 5.41) is 3.92. The fourth-order valence-electron chi connectivity index (χ4n) is 7.16. The normalized spacial score (nSPS) is 28.7. The Morgan fingerprint density at radius 2 is 1.61 bits per heavy atom. The van der Waals surface area contributed by atoms with Crippen LogP contribution in [-0.4, -0.2) is 12.6 Å². The molecule has 6 rings (SSSR count). The molecule has 0 aromatic heterocycles. The van der Waals surface area contributed by atoms with Crippen molar-refractivity contribution in [1.82, 2.24) is 5.32 Å². The maximum Gasteiger partial charge on any atom is 0.175 e. The van der Waals surface area contributed by atoms with Crippen LogP contribution in [-0.2, 0) is 13.2 Å². The Morgan fingerprint density at radius 1 is 0.970 bits per heavy atom. The highest BCUT2D eigenvalue weighted by Crippen LogP contribution is 2.61. The fraction of sp³-hybridized carbons (Fsp3) is 0.586. The van der Waals surface area contributed by atoms with Gasteiger partial charge < -0.3 is 14.8 Å². The second-order valence-electron chi connectivity index (χ2n) is 11.0. The average Bonchev–Trinajstić information content (AvgIpc) is 2.77. The van der Waals surface area contributed by atoms with Crippen molar-refractivity contribution in [3.05, 3.63) is 57.6 Å². The Morgan fingerprint density at radius 3 is 2.21 bits per heavy atom. The van der Waals surface area contributed by atoms with E-state index in [-0.39, 0.29) is 0 Å². The SMILES string of the molecule is CCOc1cc(CNC(C)C23CC4CC(CC(C4)C2)C3)cc(Br)c1OCc1ccc(C)cc1. The molecule has 0 saturated heterocycles. The largest absolute Gasteiger partial charge is 0.490 e. The van der Waals surface area contributed by atoms with Crippen molar-refractivity contribution < 1.29 is 9.47 Å². The number of ether oxygens (including phenoxy) is 2. The van der Waals surface area contributed by atoms with Crippen LogP contribution >= 0.6 is 15.9 Å². The van der Waals surface area contributed by atoms with E-state index in [0.717, 1.165) is 45.8 Å². The Bertz CT molecular complexity index is 935. The zero-order chi connectivity index (χ0) is 23.0. The van der Waals surface area contributed by atoms with Gasteiger partial charge in [0.25, 0.3) is 0 Å². The smallest absolute Gasteiger partial charge is 0.175 e. The first-order valence-electron chi connectivity index (χ1n) is 12.8. The molecule has 1 unspecified atom stereocenters. The van der Waals surface area contributed by atoms with Gasteiger partial charge in [0.15, 0.2) is 11.5 Å². The molecule has 3 nitrogen and oxygen atoms in total. The molecule has 4 bridgehead atoms. The summed E-state index contributed by atoms with van der Waals surface area (Å²) in [6, 6.07) is 13.4. The Labute approximate surface area is 207 Å². The lowest BCUT2D eigenvalue weighted by Gasteiger charge is -2.59. The molecule has 1 N–H and O–H groups in total. The van der Waals surface area contributed by atoms with Gasteiger partial charge in [0.2, 0.25) is 0 Å². The van der Waals surface area contributed by atoms with Gasteiger partial charge in [-0.2, -0.15) is 0 Å². The molecule has 2 aromatic carbocycles. The van der Waals surface area contributed by atoms with Gasteiger partial charge in [0.1, 0.15) is 6.61 Å². The third-order valence-corrected chi connectivity index (χ3v) is 9.08. The van der Waals surface area contributed by atoms with Gasteiger partial charge in [-0.25, -0.2) is 0 Å². The van der Waals surface area contributed by atoms with Crippen molar-refractivity contribution in [2.45, 2.75) is 78.5 Å². The van der Waals surface area contributed by atoms with Gasteiger partial charge >= 0.3 is 0 Å². The van der Waals surface area contributed by atoms with Crippen LogP contribution in [0.2, 0.25) is 0 Å². The molecule has 0 spiro atoms. The highest BCUT2D eigenvalue weighted by molar-refractivity contribution is 9.10. The van der Waals surface area contributed by atoms with Gasteiger partial charge in [-0.05, 0) is 122 Å². The van der Waals surface area contributed by atoms with Crippen molar-refractivity contribution in [1.29, 1.82) is 0 Å². The van der Waals surface area contributed by atoms with E-state index in [1.54, 1.807) is 0 Å². The lowest BCUT2D eigenvalue weighted by Crippen LogP contribution is -2.54. The summed E-state index contributed by atoms with van der Waals surface area (Å²) in [5.74, 6) is 4.58. The molecular weight excluding hydrogens is 474 g/mol. The summed E-state index contributed by atoms with van der Waals surface area (Å²) in [5.41, 5.74) is 4.18. The van der Waals surface area contributed by atoms with Gasteiger partial charge in [-0.1, -0.05) is 29.8 Å². The van der Waals surface area contributed by atoms with Crippen LogP contribution in [0.4, 0.5) is 0 Å². The maximum atomic E-state index is 6.20. The van der Waals surface area contributed by atoms with Gasteiger partial charge in [-0.3, -0.25) is 0 Å². The second kappa shape index (κ2) is 9.62. The Balaban J connectivity index is 1.26. The van der Waals surface area contributed by atoms with Crippen molar-refractivity contribution >= 4 is 15.9 Å². The highest BCUT2D eigenvalue weighted by atomic mass is 79.9. The molecule has 178 valence electrons. The van der Waals surface area contributed by atoms with E-state index in [9.17, 15) is 0 Å². The molecule has 2 aromatic rings. The summed E-state index contributed by atoms with van der Waals surface area (Å²) in [6.07, 6.45) is 8.81. The summed E-state index contributed by atoms with van der Waals surface area (Å²) in [4.78, 5) is 0. The molecule has 0 aliphatic heterocycles. The molecule has 0 radical (unpaired) electrons. The zero-order valence-corrected chi connectivity index (χ0v) is 21.9. The zero-order valence-electron chi connectivity index (χ0n) is 20.3. The van der Waals surface area contributed by atoms with Crippen molar-refractivity contribution in [2.75, 3.05) is 6.61 Å². The summed E-state index contributed by atoms with van der Waals surface area (Å²) in [7, 11) is 0. The van der Waals surface area contributed by atoms with Crippen molar-refractivity contribution in [2.24, 2.45) is 23.2 Å². The van der Waals surface area contributed by atoms with Crippen LogP contribution in [0.5, 0.6) is 11.5 Å². The second-order valence-corrected chi connectivity index (χ2v) is 11.8. The highest BCUT2D eigenvalue weighted by Gasteiger charge is 2.52. The number of nitrogens with one attached hydrogen (secondary N) is 1. The predicted octanol–water partition coefficient (Wildman–Crippen LogP) is 7.43. The van der Waals surface area contributed by atoms with Crippen LogP contribution in [0, 0.1) is 30.1 Å². The molecule has 4 fully saturated rings. The number of hydrogen-bond donors (Lipinski definition) is 1. The van der Waals surface area contributed by atoms with E-state index in [1.807, 2.05) is 6.92 Å². The van der Waals surface area contributed by atoms with E-state index in [1.165, 1.54) is 49.7 Å². The number of hydrogen-bond acceptors (Lipinski definition) is 3. The minimum atomic E-state index is 0.520. The molecule has 4 aliphatic rings. The standard InChI is InChI=1S/C29H38BrNO2/c1-4-32-27-13-25(12-26(30)28(27)33-18-21-7-5-19(2)6-8-21)17-31-20(3)29-14-22-9-23(15-29)11-24(10-22)16-29/h5-8,12-13,20,22-24,31H,4,9-11,14-18H2,1-3H3. The lowest BCUT2D eigenvalue weighted by molar-refractivity contribution is -0.0706. The number of halogens is 1. The molecule has 33 heavy (non-hydrogen) atoms. The van der Waals surface area contributed by atoms with Crippen LogP contribution < -0.4 is 14.8 Å². The van der Waals surface area contributed by atoms with Crippen LogP contribution in [0.25, 0.3) is 0 Å². The molecule has 1 atom stereocenters. The summed E-state index contributed by atoms with van der Waals surface area (Å²) >= 11 is 3.76. The Hall–Kier alpha value is -1.52. The quantitative estimate of drug-likeness (QED) is 0.379. The third-order valence-electron chi connectivity index (χ3n) is 8.49. The topological polar surface area (TPSA) is 30.5 Å². The van der Waals surface area contributed by atoms with Crippen LogP contribution in [0.3, 0.4) is 0 Å². The van der Waals surface area contributed by atoms with E-state index < -0.39 is 0 Å². The maximum absolute atomic E-state index is 6.20. The molecule has 4 aliphatic carbocycles. The van der Waals surface area contributed by atoms with Gasteiger partial charge in [0.05, 0.1) is 11.1 Å². The van der Waals surface area contributed by atoms with Gasteiger partial charge in [-0.15, -0.1) is 0 Å². The molecule has 0 amide bonds. The first-order valence-corrected chi connectivity index (χ1v) is 13.6. The first kappa shape index (κ1) is 23.2. The van der Waals surface area contributed by atoms with E-state index in [4.69, 9.17) is 9.47 Å². The minimum absolute atomic E-state index is 0.520. The third kappa shape index (κ3) is 4.98. The van der Waals surface area contributed by atoms with E-state index in [2.05, 4.69) is 71.5 Å². The van der Waals surface area contributed by atoms with Crippen molar-refractivity contribution in [3.63, 3.8) is 0 Å². The van der Waals surface area contributed by atoms with Gasteiger partial charge in [0, 0.05) is 12.6 Å². The van der Waals surface area contributed by atoms with E-state index in [0.29, 0.717) is 24.7 Å². The molecule has 4 heteroatoms. The number of benzene rings is 2. The summed E-state index contributed by atoms with van der Waals surface area (Å²) in [6.45, 7) is 8.57. The fourth-order valence-corrected chi connectivity index (χ4v) is 7.77.